The van der Waals surface area contributed by atoms with Crippen molar-refractivity contribution in [2.45, 2.75) is 0 Å². The Bertz CT molecular complexity index is 308. The summed E-state index contributed by atoms with van der Waals surface area (Å²) in [4.78, 5) is 0. The fraction of sp³-hybridized carbons (Fsp3) is 0. The van der Waals surface area contributed by atoms with Crippen LogP contribution in [0.25, 0.3) is 0 Å². The van der Waals surface area contributed by atoms with E-state index in [2.05, 4.69) is 0 Å². The number of hydrogen-bond acceptors (Lipinski definition) is 2. The topological polar surface area (TPSA) is 72.0 Å². The number of rotatable bonds is 0. The van der Waals surface area contributed by atoms with Crippen LogP contribution in [0.3, 0.4) is 0 Å². The first kappa shape index (κ1) is 13.0. The SMILES string of the molecule is O.Oc1ccccc1.Oc1ccccc1. The Kier molecular flexibility index (Phi) is 6.42. The zero-order valence-corrected chi connectivity index (χ0v) is 8.17. The van der Waals surface area contributed by atoms with Gasteiger partial charge in [0.05, 0.1) is 0 Å². The molecule has 2 rings (SSSR count). The second kappa shape index (κ2) is 7.41. The molecule has 80 valence electrons. The predicted octanol–water partition coefficient (Wildman–Crippen LogP) is 1.96. The van der Waals surface area contributed by atoms with Gasteiger partial charge in [-0.15, -0.1) is 0 Å². The number of aromatic hydroxyl groups is 2. The minimum Gasteiger partial charge on any atom is -0.508 e. The summed E-state index contributed by atoms with van der Waals surface area (Å²) in [7, 11) is 0. The van der Waals surface area contributed by atoms with Crippen LogP contribution in [0, 0.1) is 0 Å². The summed E-state index contributed by atoms with van der Waals surface area (Å²) in [5.74, 6) is 0.644. The van der Waals surface area contributed by atoms with Gasteiger partial charge in [-0.3, -0.25) is 0 Å². The summed E-state index contributed by atoms with van der Waals surface area (Å²) < 4.78 is 0. The number of para-hydroxylation sites is 2. The summed E-state index contributed by atoms with van der Waals surface area (Å²) in [5.41, 5.74) is 0. The predicted molar refractivity (Wildman–Crippen MR) is 59.8 cm³/mol. The third kappa shape index (κ3) is 6.12. The van der Waals surface area contributed by atoms with E-state index >= 15 is 0 Å². The Morgan fingerprint density at radius 2 is 0.800 bits per heavy atom. The molecule has 0 unspecified atom stereocenters. The van der Waals surface area contributed by atoms with Gasteiger partial charge in [-0.2, -0.15) is 0 Å². The molecule has 2 aromatic carbocycles. The first-order valence-electron chi connectivity index (χ1n) is 4.27. The summed E-state index contributed by atoms with van der Waals surface area (Å²) in [6.45, 7) is 0. The van der Waals surface area contributed by atoms with Crippen LogP contribution in [0.4, 0.5) is 0 Å². The molecule has 0 aliphatic carbocycles. The average molecular weight is 206 g/mol. The molecule has 0 radical (unpaired) electrons. The molecule has 0 fully saturated rings. The van der Waals surface area contributed by atoms with Crippen LogP contribution in [-0.4, -0.2) is 15.7 Å². The first-order valence-corrected chi connectivity index (χ1v) is 4.27. The average Bonchev–Trinajstić information content (AvgIpc) is 2.21. The zero-order valence-electron chi connectivity index (χ0n) is 8.17. The molecular formula is C12H14O3. The molecule has 3 heteroatoms. The number of benzene rings is 2. The fourth-order valence-corrected chi connectivity index (χ4v) is 0.856. The molecule has 0 spiro atoms. The van der Waals surface area contributed by atoms with Crippen LogP contribution in [0.5, 0.6) is 11.5 Å². The largest absolute Gasteiger partial charge is 0.508 e. The van der Waals surface area contributed by atoms with E-state index in [4.69, 9.17) is 10.2 Å². The Morgan fingerprint density at radius 1 is 0.533 bits per heavy atom. The maximum absolute atomic E-state index is 8.63. The number of phenolic OH excluding ortho intramolecular Hbond substituents is 2. The number of hydrogen-bond donors (Lipinski definition) is 2. The van der Waals surface area contributed by atoms with Gasteiger partial charge in [0.15, 0.2) is 0 Å². The Balaban J connectivity index is 0.000000245. The van der Waals surface area contributed by atoms with Gasteiger partial charge in [-0.05, 0) is 24.3 Å². The molecule has 3 nitrogen and oxygen atoms in total. The van der Waals surface area contributed by atoms with Crippen molar-refractivity contribution in [2.24, 2.45) is 0 Å². The molecular weight excluding hydrogens is 192 g/mol. The molecule has 0 aromatic heterocycles. The minimum atomic E-state index is 0. The van der Waals surface area contributed by atoms with Gasteiger partial charge in [-0.25, -0.2) is 0 Å². The highest BCUT2D eigenvalue weighted by atomic mass is 16.3. The number of phenols is 2. The Morgan fingerprint density at radius 3 is 0.933 bits per heavy atom. The van der Waals surface area contributed by atoms with Crippen LogP contribution in [0.2, 0.25) is 0 Å². The van der Waals surface area contributed by atoms with E-state index in [1.54, 1.807) is 48.5 Å². The molecule has 0 bridgehead atoms. The third-order valence-corrected chi connectivity index (χ3v) is 1.51. The lowest BCUT2D eigenvalue weighted by Gasteiger charge is -1.82. The summed E-state index contributed by atoms with van der Waals surface area (Å²) in [6, 6.07) is 17.4. The van der Waals surface area contributed by atoms with Crippen molar-refractivity contribution in [3.63, 3.8) is 0 Å². The summed E-state index contributed by atoms with van der Waals surface area (Å²) >= 11 is 0. The van der Waals surface area contributed by atoms with Gasteiger partial charge in [0.2, 0.25) is 0 Å². The van der Waals surface area contributed by atoms with Crippen LogP contribution >= 0.6 is 0 Å². The minimum absolute atomic E-state index is 0. The molecule has 0 aliphatic rings. The second-order valence-corrected chi connectivity index (χ2v) is 2.67. The first-order chi connectivity index (χ1) is 6.79. The summed E-state index contributed by atoms with van der Waals surface area (Å²) in [5, 5.41) is 17.3. The van der Waals surface area contributed by atoms with Gasteiger partial charge in [0, 0.05) is 0 Å². The molecule has 0 heterocycles. The molecule has 0 aliphatic heterocycles. The van der Waals surface area contributed by atoms with Crippen LogP contribution < -0.4 is 0 Å². The maximum atomic E-state index is 8.63. The zero-order chi connectivity index (χ0) is 10.2. The third-order valence-electron chi connectivity index (χ3n) is 1.51. The van der Waals surface area contributed by atoms with E-state index in [0.29, 0.717) is 11.5 Å². The second-order valence-electron chi connectivity index (χ2n) is 2.67. The highest BCUT2D eigenvalue weighted by molar-refractivity contribution is 5.19. The molecule has 0 saturated heterocycles. The van der Waals surface area contributed by atoms with Crippen molar-refractivity contribution >= 4 is 0 Å². The monoisotopic (exact) mass is 206 g/mol. The van der Waals surface area contributed by atoms with Crippen molar-refractivity contribution in [3.05, 3.63) is 60.7 Å². The smallest absolute Gasteiger partial charge is 0.115 e. The van der Waals surface area contributed by atoms with Gasteiger partial charge >= 0.3 is 0 Å². The van der Waals surface area contributed by atoms with Gasteiger partial charge < -0.3 is 15.7 Å². The van der Waals surface area contributed by atoms with Crippen molar-refractivity contribution < 1.29 is 15.7 Å². The fourth-order valence-electron chi connectivity index (χ4n) is 0.856. The van der Waals surface area contributed by atoms with E-state index < -0.39 is 0 Å². The lowest BCUT2D eigenvalue weighted by Crippen LogP contribution is -1.56. The lowest BCUT2D eigenvalue weighted by molar-refractivity contribution is 0.475. The highest BCUT2D eigenvalue weighted by Crippen LogP contribution is 2.03. The molecule has 2 aromatic rings. The van der Waals surface area contributed by atoms with Crippen LogP contribution in [-0.2, 0) is 0 Å². The normalized spacial score (nSPS) is 8.00. The highest BCUT2D eigenvalue weighted by Gasteiger charge is 1.75. The molecule has 0 saturated carbocycles. The van der Waals surface area contributed by atoms with E-state index in [-0.39, 0.29) is 5.48 Å². The molecule has 0 atom stereocenters. The molecule has 4 N–H and O–H groups in total. The van der Waals surface area contributed by atoms with Crippen molar-refractivity contribution in [2.75, 3.05) is 0 Å². The summed E-state index contributed by atoms with van der Waals surface area (Å²) in [6.07, 6.45) is 0. The van der Waals surface area contributed by atoms with Gasteiger partial charge in [-0.1, -0.05) is 36.4 Å². The van der Waals surface area contributed by atoms with Crippen molar-refractivity contribution in [1.29, 1.82) is 0 Å². The van der Waals surface area contributed by atoms with Crippen molar-refractivity contribution in [3.8, 4) is 11.5 Å². The van der Waals surface area contributed by atoms with Crippen LogP contribution in [0.15, 0.2) is 60.7 Å². The van der Waals surface area contributed by atoms with E-state index in [1.165, 1.54) is 0 Å². The van der Waals surface area contributed by atoms with E-state index in [0.717, 1.165) is 0 Å². The Hall–Kier alpha value is -2.00. The standard InChI is InChI=1S/2C6H6O.H2O/c2*7-6-4-2-1-3-5-6;/h2*1-5,7H;1H2. The van der Waals surface area contributed by atoms with E-state index in [1.807, 2.05) is 12.1 Å². The quantitative estimate of drug-likeness (QED) is 0.691. The van der Waals surface area contributed by atoms with Crippen LogP contribution in [0.1, 0.15) is 0 Å². The lowest BCUT2D eigenvalue weighted by atomic mass is 10.3. The van der Waals surface area contributed by atoms with Gasteiger partial charge in [0.25, 0.3) is 0 Å². The van der Waals surface area contributed by atoms with Gasteiger partial charge in [0.1, 0.15) is 11.5 Å². The molecule has 15 heavy (non-hydrogen) atoms. The van der Waals surface area contributed by atoms with E-state index in [9.17, 15) is 0 Å². The molecule has 0 amide bonds. The van der Waals surface area contributed by atoms with Crippen molar-refractivity contribution in [1.82, 2.24) is 0 Å². The maximum Gasteiger partial charge on any atom is 0.115 e. The Labute approximate surface area is 88.6 Å².